The molecule has 3 aromatic rings. The fourth-order valence-corrected chi connectivity index (χ4v) is 3.09. The lowest BCUT2D eigenvalue weighted by Crippen LogP contribution is -2.12. The molecule has 0 aliphatic carbocycles. The van der Waals surface area contributed by atoms with Gasteiger partial charge in [0.05, 0.1) is 9.82 Å². The second kappa shape index (κ2) is 7.62. The van der Waals surface area contributed by atoms with Crippen LogP contribution in [0.2, 0.25) is 0 Å². The van der Waals surface area contributed by atoms with Crippen molar-refractivity contribution in [1.29, 1.82) is 0 Å². The van der Waals surface area contributed by atoms with Crippen molar-refractivity contribution in [3.8, 4) is 0 Å². The van der Waals surface area contributed by atoms with E-state index in [0.717, 1.165) is 11.3 Å². The van der Waals surface area contributed by atoms with Gasteiger partial charge < -0.3 is 10.6 Å². The van der Waals surface area contributed by atoms with Crippen LogP contribution in [0.15, 0.2) is 65.7 Å². The zero-order valence-electron chi connectivity index (χ0n) is 14.8. The first-order chi connectivity index (χ1) is 13.2. The highest BCUT2D eigenvalue weighted by atomic mass is 32.2. The Morgan fingerprint density at radius 2 is 1.79 bits per heavy atom. The van der Waals surface area contributed by atoms with Gasteiger partial charge in [0.15, 0.2) is 0 Å². The number of nitrogens with zero attached hydrogens (tertiary/aromatic N) is 2. The molecule has 9 nitrogen and oxygen atoms in total. The molecule has 4 N–H and O–H groups in total. The molecule has 28 heavy (non-hydrogen) atoms. The maximum atomic E-state index is 11.5. The van der Waals surface area contributed by atoms with E-state index in [2.05, 4.69) is 15.6 Å². The molecule has 0 spiro atoms. The van der Waals surface area contributed by atoms with Crippen molar-refractivity contribution in [2.75, 3.05) is 10.6 Å². The van der Waals surface area contributed by atoms with Gasteiger partial charge in [0.1, 0.15) is 5.82 Å². The number of hydrogen-bond donors (Lipinski definition) is 3. The van der Waals surface area contributed by atoms with E-state index in [1.807, 2.05) is 0 Å². The van der Waals surface area contributed by atoms with E-state index in [1.54, 1.807) is 43.5 Å². The molecule has 10 heteroatoms. The van der Waals surface area contributed by atoms with Crippen LogP contribution in [-0.4, -0.2) is 18.3 Å². The van der Waals surface area contributed by atoms with Crippen LogP contribution >= 0.6 is 0 Å². The first-order valence-corrected chi connectivity index (χ1v) is 9.65. The highest BCUT2D eigenvalue weighted by Gasteiger charge is 2.10. The summed E-state index contributed by atoms with van der Waals surface area (Å²) >= 11 is 0. The molecule has 0 fully saturated rings. The number of aromatic nitrogens is 1. The number of aryl methyl sites for hydroxylation is 1. The normalized spacial score (nSPS) is 11.1. The standard InChI is InChI=1S/C18H17N5O4S/c1-12-9-15(23(24)25)5-6-17(12)21-14-7-8-20-18(11-14)22-13-3-2-4-16(10-13)28(19,26)27/h2-11H,1H3,(H2,19,26,27)(H2,20,21,22). The van der Waals surface area contributed by atoms with Crippen LogP contribution in [0.4, 0.5) is 28.6 Å². The predicted octanol–water partition coefficient (Wildman–Crippen LogP) is 3.43. The topological polar surface area (TPSA) is 140 Å². The van der Waals surface area contributed by atoms with E-state index in [-0.39, 0.29) is 10.6 Å². The average molecular weight is 399 g/mol. The van der Waals surface area contributed by atoms with Crippen molar-refractivity contribution < 1.29 is 13.3 Å². The number of nitrogens with one attached hydrogen (secondary N) is 2. The number of nitro groups is 1. The third kappa shape index (κ3) is 4.61. The summed E-state index contributed by atoms with van der Waals surface area (Å²) in [6.07, 6.45) is 1.58. The number of pyridine rings is 1. The molecule has 1 heterocycles. The van der Waals surface area contributed by atoms with Crippen molar-refractivity contribution in [2.24, 2.45) is 5.14 Å². The quantitative estimate of drug-likeness (QED) is 0.426. The minimum absolute atomic E-state index is 0.00622. The summed E-state index contributed by atoms with van der Waals surface area (Å²) in [5.74, 6) is 0.483. The molecule has 1 aromatic heterocycles. The minimum Gasteiger partial charge on any atom is -0.355 e. The van der Waals surface area contributed by atoms with Crippen LogP contribution in [-0.2, 0) is 10.0 Å². The van der Waals surface area contributed by atoms with Gasteiger partial charge in [-0.1, -0.05) is 6.07 Å². The second-order valence-electron chi connectivity index (χ2n) is 6.01. The molecule has 0 aliphatic heterocycles. The van der Waals surface area contributed by atoms with E-state index >= 15 is 0 Å². The number of rotatable bonds is 6. The first-order valence-electron chi connectivity index (χ1n) is 8.10. The van der Waals surface area contributed by atoms with Gasteiger partial charge in [-0.3, -0.25) is 10.1 Å². The van der Waals surface area contributed by atoms with Gasteiger partial charge in [-0.05, 0) is 42.8 Å². The van der Waals surface area contributed by atoms with Gasteiger partial charge in [-0.25, -0.2) is 18.5 Å². The number of nitro benzene ring substituents is 1. The van der Waals surface area contributed by atoms with Crippen molar-refractivity contribution >= 4 is 38.6 Å². The molecule has 0 radical (unpaired) electrons. The smallest absolute Gasteiger partial charge is 0.269 e. The van der Waals surface area contributed by atoms with E-state index < -0.39 is 14.9 Å². The molecular formula is C18H17N5O4S. The van der Waals surface area contributed by atoms with Crippen LogP contribution < -0.4 is 15.8 Å². The maximum absolute atomic E-state index is 11.5. The number of anilines is 4. The van der Waals surface area contributed by atoms with Crippen LogP contribution in [0, 0.1) is 17.0 Å². The third-order valence-electron chi connectivity index (χ3n) is 3.89. The Kier molecular flexibility index (Phi) is 5.25. The van der Waals surface area contributed by atoms with Crippen molar-refractivity contribution in [3.63, 3.8) is 0 Å². The van der Waals surface area contributed by atoms with E-state index in [0.29, 0.717) is 17.2 Å². The monoisotopic (exact) mass is 399 g/mol. The summed E-state index contributed by atoms with van der Waals surface area (Å²) in [5.41, 5.74) is 2.69. The number of non-ortho nitro benzene ring substituents is 1. The van der Waals surface area contributed by atoms with Gasteiger partial charge >= 0.3 is 0 Å². The molecular weight excluding hydrogens is 382 g/mol. The second-order valence-corrected chi connectivity index (χ2v) is 7.57. The summed E-state index contributed by atoms with van der Waals surface area (Å²) < 4.78 is 23.0. The Balaban J connectivity index is 1.81. The molecule has 3 rings (SSSR count). The summed E-state index contributed by atoms with van der Waals surface area (Å²) in [5, 5.41) is 22.2. The van der Waals surface area contributed by atoms with Gasteiger partial charge in [-0.15, -0.1) is 0 Å². The highest BCUT2D eigenvalue weighted by Crippen LogP contribution is 2.26. The van der Waals surface area contributed by atoms with Crippen molar-refractivity contribution in [3.05, 3.63) is 76.5 Å². The fourth-order valence-electron chi connectivity index (χ4n) is 2.53. The lowest BCUT2D eigenvalue weighted by atomic mass is 10.1. The summed E-state index contributed by atoms with van der Waals surface area (Å²) in [4.78, 5) is 14.6. The summed E-state index contributed by atoms with van der Waals surface area (Å²) in [6.45, 7) is 1.77. The average Bonchev–Trinajstić information content (AvgIpc) is 2.63. The summed E-state index contributed by atoms with van der Waals surface area (Å²) in [6, 6.07) is 14.1. The number of nitrogens with two attached hydrogens (primary N) is 1. The van der Waals surface area contributed by atoms with Crippen molar-refractivity contribution in [1.82, 2.24) is 4.98 Å². The van der Waals surface area contributed by atoms with Crippen LogP contribution in [0.25, 0.3) is 0 Å². The molecule has 0 amide bonds. The molecule has 144 valence electrons. The largest absolute Gasteiger partial charge is 0.355 e. The number of hydrogen-bond acceptors (Lipinski definition) is 7. The Hall–Kier alpha value is -3.50. The Bertz CT molecular complexity index is 1150. The van der Waals surface area contributed by atoms with E-state index in [4.69, 9.17) is 5.14 Å². The number of primary sulfonamides is 1. The van der Waals surface area contributed by atoms with Crippen molar-refractivity contribution in [2.45, 2.75) is 11.8 Å². The van der Waals surface area contributed by atoms with Gasteiger partial charge in [0.25, 0.3) is 5.69 Å². The van der Waals surface area contributed by atoms with E-state index in [1.165, 1.54) is 24.3 Å². The predicted molar refractivity (Wildman–Crippen MR) is 106 cm³/mol. The fraction of sp³-hybridized carbons (Fsp3) is 0.0556. The number of sulfonamides is 1. The lowest BCUT2D eigenvalue weighted by molar-refractivity contribution is -0.384. The third-order valence-corrected chi connectivity index (χ3v) is 4.81. The molecule has 0 bridgehead atoms. The highest BCUT2D eigenvalue weighted by molar-refractivity contribution is 7.89. The molecule has 0 unspecified atom stereocenters. The molecule has 0 saturated carbocycles. The minimum atomic E-state index is -3.80. The van der Waals surface area contributed by atoms with E-state index in [9.17, 15) is 18.5 Å². The molecule has 2 aromatic carbocycles. The molecule has 0 atom stereocenters. The van der Waals surface area contributed by atoms with Gasteiger partial charge in [0, 0.05) is 41.5 Å². The Morgan fingerprint density at radius 3 is 2.46 bits per heavy atom. The summed E-state index contributed by atoms with van der Waals surface area (Å²) in [7, 11) is -3.80. The Morgan fingerprint density at radius 1 is 1.04 bits per heavy atom. The molecule has 0 saturated heterocycles. The van der Waals surface area contributed by atoms with Crippen LogP contribution in [0.5, 0.6) is 0 Å². The van der Waals surface area contributed by atoms with Gasteiger partial charge in [0.2, 0.25) is 10.0 Å². The number of benzene rings is 2. The Labute approximate surface area is 161 Å². The lowest BCUT2D eigenvalue weighted by Gasteiger charge is -2.12. The van der Waals surface area contributed by atoms with Gasteiger partial charge in [-0.2, -0.15) is 0 Å². The maximum Gasteiger partial charge on any atom is 0.269 e. The van der Waals surface area contributed by atoms with Crippen LogP contribution in [0.3, 0.4) is 0 Å². The zero-order valence-corrected chi connectivity index (χ0v) is 15.6. The molecule has 0 aliphatic rings. The first kappa shape index (κ1) is 19.3. The zero-order chi connectivity index (χ0) is 20.3. The SMILES string of the molecule is Cc1cc([N+](=O)[O-])ccc1Nc1ccnc(Nc2cccc(S(N)(=O)=O)c2)c1. The van der Waals surface area contributed by atoms with Crippen LogP contribution in [0.1, 0.15) is 5.56 Å².